The molecule has 0 bridgehead atoms. The van der Waals surface area contributed by atoms with Gasteiger partial charge in [-0.05, 0) is 36.1 Å². The molecule has 1 unspecified atom stereocenters. The molecular formula is C25H26N4O5. The lowest BCUT2D eigenvalue weighted by Gasteiger charge is -2.22. The van der Waals surface area contributed by atoms with Crippen molar-refractivity contribution in [3.05, 3.63) is 65.2 Å². The predicted octanol–water partition coefficient (Wildman–Crippen LogP) is 2.57. The molecule has 2 atom stereocenters. The third-order valence-electron chi connectivity index (χ3n) is 6.95. The summed E-state index contributed by atoms with van der Waals surface area (Å²) in [6.07, 6.45) is 0.876. The van der Waals surface area contributed by atoms with E-state index in [4.69, 9.17) is 4.74 Å². The van der Waals surface area contributed by atoms with Crippen molar-refractivity contribution in [1.82, 2.24) is 15.1 Å². The van der Waals surface area contributed by atoms with Gasteiger partial charge in [0, 0.05) is 43.7 Å². The average molecular weight is 463 g/mol. The monoisotopic (exact) mass is 462 g/mol. The van der Waals surface area contributed by atoms with Gasteiger partial charge in [0.2, 0.25) is 11.5 Å². The van der Waals surface area contributed by atoms with E-state index in [0.717, 1.165) is 16.9 Å². The lowest BCUT2D eigenvalue weighted by molar-refractivity contribution is -0.141. The molecule has 9 heteroatoms. The molecule has 0 radical (unpaired) electrons. The summed E-state index contributed by atoms with van der Waals surface area (Å²) in [5.74, 6) is -0.517. The highest BCUT2D eigenvalue weighted by atomic mass is 16.6. The number of likely N-dealkylation sites (tertiary alicyclic amines) is 1. The van der Waals surface area contributed by atoms with Crippen molar-refractivity contribution < 1.29 is 23.9 Å². The Labute approximate surface area is 197 Å². The van der Waals surface area contributed by atoms with Crippen LogP contribution in [-0.2, 0) is 26.3 Å². The number of carbonyl (C=O) groups is 4. The highest BCUT2D eigenvalue weighted by molar-refractivity contribution is 6.06. The largest absolute Gasteiger partial charge is 0.427 e. The molecule has 0 saturated carbocycles. The van der Waals surface area contributed by atoms with Gasteiger partial charge in [-0.25, -0.2) is 14.5 Å². The van der Waals surface area contributed by atoms with Crippen LogP contribution in [0, 0.1) is 0 Å². The van der Waals surface area contributed by atoms with E-state index >= 15 is 0 Å². The van der Waals surface area contributed by atoms with Crippen LogP contribution in [0.4, 0.5) is 15.3 Å². The maximum Gasteiger partial charge on any atom is 0.418 e. The van der Waals surface area contributed by atoms with Crippen molar-refractivity contribution in [3.63, 3.8) is 0 Å². The number of ether oxygens (including phenoxy) is 1. The molecule has 9 nitrogen and oxygen atoms in total. The number of hydrogen-bond donors (Lipinski definition) is 2. The van der Waals surface area contributed by atoms with E-state index < -0.39 is 17.6 Å². The highest BCUT2D eigenvalue weighted by Crippen LogP contribution is 2.46. The summed E-state index contributed by atoms with van der Waals surface area (Å²) in [5.41, 5.74) is 1.79. The summed E-state index contributed by atoms with van der Waals surface area (Å²) >= 11 is 0. The molecule has 5 rings (SSSR count). The van der Waals surface area contributed by atoms with Gasteiger partial charge in [0.05, 0.1) is 0 Å². The first kappa shape index (κ1) is 21.9. The summed E-state index contributed by atoms with van der Waals surface area (Å²) in [4.78, 5) is 53.3. The minimum atomic E-state index is -1.41. The van der Waals surface area contributed by atoms with Crippen LogP contribution < -0.4 is 10.6 Å². The number of nitrogens with zero attached hydrogens (tertiary/aromatic N) is 2. The van der Waals surface area contributed by atoms with Crippen LogP contribution in [-0.4, -0.2) is 60.4 Å². The molecule has 2 fully saturated rings. The van der Waals surface area contributed by atoms with E-state index in [1.165, 1.54) is 12.6 Å². The molecule has 34 heavy (non-hydrogen) atoms. The standard InChI is InChI=1S/C25H26N4O5/c1-26-23(32)27-19-7-8-20-17(13-19)9-11-25(20)22(31)29(24(33)34-25)15-21(30)28-12-10-18(14-28)16-5-3-2-4-6-16/h2-8,13,18H,9-12,14-15H2,1H3,(H2,26,27,32)/t18?,25-/m1/s1. The summed E-state index contributed by atoms with van der Waals surface area (Å²) in [6, 6.07) is 14.8. The number of aryl methyl sites for hydroxylation is 1. The fraction of sp³-hybridized carbons (Fsp3) is 0.360. The first-order chi connectivity index (χ1) is 16.4. The molecule has 2 N–H and O–H groups in total. The Bertz CT molecular complexity index is 1170. The Morgan fingerprint density at radius 2 is 1.94 bits per heavy atom. The van der Waals surface area contributed by atoms with Crippen molar-refractivity contribution in [2.24, 2.45) is 0 Å². The summed E-state index contributed by atoms with van der Waals surface area (Å²) < 4.78 is 5.62. The van der Waals surface area contributed by atoms with Gasteiger partial charge in [-0.3, -0.25) is 9.59 Å². The molecule has 1 spiro atoms. The normalized spacial score (nSPS) is 23.3. The van der Waals surface area contributed by atoms with E-state index in [0.29, 0.717) is 37.2 Å². The number of urea groups is 1. The number of carbonyl (C=O) groups excluding carboxylic acids is 4. The number of rotatable bonds is 4. The second kappa shape index (κ2) is 8.48. The Kier molecular flexibility index (Phi) is 5.47. The Hall–Kier alpha value is -3.88. The van der Waals surface area contributed by atoms with Crippen molar-refractivity contribution in [3.8, 4) is 0 Å². The van der Waals surface area contributed by atoms with Crippen LogP contribution in [0.25, 0.3) is 0 Å². The van der Waals surface area contributed by atoms with Gasteiger partial charge < -0.3 is 20.3 Å². The zero-order valence-corrected chi connectivity index (χ0v) is 18.9. The van der Waals surface area contributed by atoms with E-state index in [1.54, 1.807) is 23.1 Å². The molecule has 5 amide bonds. The molecule has 2 heterocycles. The molecule has 1 aliphatic carbocycles. The predicted molar refractivity (Wildman–Crippen MR) is 123 cm³/mol. The smallest absolute Gasteiger partial charge is 0.418 e. The molecule has 2 aromatic rings. The fourth-order valence-electron chi connectivity index (χ4n) is 5.14. The minimum Gasteiger partial charge on any atom is -0.427 e. The van der Waals surface area contributed by atoms with Crippen LogP contribution in [0.2, 0.25) is 0 Å². The molecule has 0 aromatic heterocycles. The van der Waals surface area contributed by atoms with Crippen molar-refractivity contribution >= 4 is 29.6 Å². The Balaban J connectivity index is 1.28. The lowest BCUT2D eigenvalue weighted by atomic mass is 9.94. The van der Waals surface area contributed by atoms with Crippen molar-refractivity contribution in [1.29, 1.82) is 0 Å². The van der Waals surface area contributed by atoms with Gasteiger partial charge in [0.1, 0.15) is 6.54 Å². The van der Waals surface area contributed by atoms with Gasteiger partial charge in [-0.15, -0.1) is 0 Å². The molecular weight excluding hydrogens is 436 g/mol. The highest BCUT2D eigenvalue weighted by Gasteiger charge is 2.58. The second-order valence-corrected chi connectivity index (χ2v) is 8.90. The number of nitrogens with one attached hydrogen (secondary N) is 2. The van der Waals surface area contributed by atoms with E-state index in [-0.39, 0.29) is 24.4 Å². The van der Waals surface area contributed by atoms with Gasteiger partial charge >= 0.3 is 12.1 Å². The first-order valence-electron chi connectivity index (χ1n) is 11.4. The van der Waals surface area contributed by atoms with Crippen molar-refractivity contribution in [2.75, 3.05) is 32.0 Å². The second-order valence-electron chi connectivity index (χ2n) is 8.90. The molecule has 3 aliphatic rings. The third-order valence-corrected chi connectivity index (χ3v) is 6.95. The lowest BCUT2D eigenvalue weighted by Crippen LogP contribution is -2.44. The topological polar surface area (TPSA) is 108 Å². The summed E-state index contributed by atoms with van der Waals surface area (Å²) in [6.45, 7) is 0.826. The van der Waals surface area contributed by atoms with Crippen LogP contribution in [0.1, 0.15) is 35.4 Å². The number of amides is 5. The zero-order chi connectivity index (χ0) is 23.9. The molecule has 2 aliphatic heterocycles. The van der Waals surface area contributed by atoms with E-state index in [9.17, 15) is 19.2 Å². The van der Waals surface area contributed by atoms with E-state index in [1.807, 2.05) is 18.2 Å². The summed E-state index contributed by atoms with van der Waals surface area (Å²) in [7, 11) is 1.52. The first-order valence-corrected chi connectivity index (χ1v) is 11.4. The maximum absolute atomic E-state index is 13.4. The SMILES string of the molecule is CNC(=O)Nc1ccc2c(c1)CC[C@@]21OC(=O)N(CC(=O)N2CCC(c3ccccc3)C2)C1=O. The zero-order valence-electron chi connectivity index (χ0n) is 18.9. The Morgan fingerprint density at radius 1 is 1.15 bits per heavy atom. The average Bonchev–Trinajstić information content (AvgIpc) is 3.54. The maximum atomic E-state index is 13.4. The number of imide groups is 1. The fourth-order valence-corrected chi connectivity index (χ4v) is 5.14. The van der Waals surface area contributed by atoms with Gasteiger partial charge in [-0.2, -0.15) is 0 Å². The number of anilines is 1. The third kappa shape index (κ3) is 3.67. The Morgan fingerprint density at radius 3 is 2.71 bits per heavy atom. The van der Waals surface area contributed by atoms with Crippen LogP contribution in [0.3, 0.4) is 0 Å². The van der Waals surface area contributed by atoms with Crippen molar-refractivity contribution in [2.45, 2.75) is 30.8 Å². The minimum absolute atomic E-state index is 0.247. The quantitative estimate of drug-likeness (QED) is 0.726. The molecule has 2 saturated heterocycles. The number of benzene rings is 2. The van der Waals surface area contributed by atoms with Crippen LogP contribution >= 0.6 is 0 Å². The van der Waals surface area contributed by atoms with Gasteiger partial charge in [0.15, 0.2) is 0 Å². The molecule has 2 aromatic carbocycles. The number of fused-ring (bicyclic) bond motifs is 2. The van der Waals surface area contributed by atoms with E-state index in [2.05, 4.69) is 22.8 Å². The summed E-state index contributed by atoms with van der Waals surface area (Å²) in [5, 5.41) is 5.18. The van der Waals surface area contributed by atoms with Gasteiger partial charge in [-0.1, -0.05) is 36.4 Å². The van der Waals surface area contributed by atoms with Crippen LogP contribution in [0.5, 0.6) is 0 Å². The van der Waals surface area contributed by atoms with Crippen LogP contribution in [0.15, 0.2) is 48.5 Å². The molecule has 176 valence electrons. The number of hydrogen-bond acceptors (Lipinski definition) is 5. The van der Waals surface area contributed by atoms with Gasteiger partial charge in [0.25, 0.3) is 5.91 Å².